The molecule has 100 valence electrons. The molecular weight excluding hydrogens is 296 g/mol. The molecule has 4 nitrogen and oxygen atoms in total. The molecule has 2 atom stereocenters. The minimum atomic E-state index is 0.181. The maximum absolute atomic E-state index is 9.90. The third-order valence-corrected chi connectivity index (χ3v) is 4.31. The van der Waals surface area contributed by atoms with Crippen molar-refractivity contribution < 1.29 is 9.84 Å². The summed E-state index contributed by atoms with van der Waals surface area (Å²) in [6, 6.07) is 3.89. The van der Waals surface area contributed by atoms with E-state index in [2.05, 4.69) is 27.9 Å². The fourth-order valence-corrected chi connectivity index (χ4v) is 3.21. The summed E-state index contributed by atoms with van der Waals surface area (Å²) in [7, 11) is 3.64. The third-order valence-electron chi connectivity index (χ3n) is 3.63. The highest BCUT2D eigenvalue weighted by Gasteiger charge is 2.31. The van der Waals surface area contributed by atoms with E-state index >= 15 is 0 Å². The second-order valence-corrected chi connectivity index (χ2v) is 5.69. The lowest BCUT2D eigenvalue weighted by molar-refractivity contribution is 0.311. The van der Waals surface area contributed by atoms with Crippen molar-refractivity contribution in [3.63, 3.8) is 0 Å². The number of rotatable bonds is 3. The van der Waals surface area contributed by atoms with Crippen molar-refractivity contribution >= 4 is 15.9 Å². The first-order valence-electron chi connectivity index (χ1n) is 6.03. The normalized spacial score (nSPS) is 24.4. The van der Waals surface area contributed by atoms with Crippen LogP contribution in [0.4, 0.5) is 0 Å². The molecule has 1 aromatic rings. The van der Waals surface area contributed by atoms with E-state index in [0.717, 1.165) is 23.0 Å². The average molecular weight is 315 g/mol. The van der Waals surface area contributed by atoms with Crippen LogP contribution in [0.5, 0.6) is 11.5 Å². The first-order valence-corrected chi connectivity index (χ1v) is 6.82. The zero-order chi connectivity index (χ0) is 13.3. The van der Waals surface area contributed by atoms with Gasteiger partial charge in [-0.25, -0.2) is 0 Å². The molecule has 0 bridgehead atoms. The van der Waals surface area contributed by atoms with Crippen molar-refractivity contribution in [3.8, 4) is 11.5 Å². The largest absolute Gasteiger partial charge is 0.504 e. The SMILES string of the molecule is COc1cc(Br)c(C2CC(CN)CN2C)cc1O. The van der Waals surface area contributed by atoms with Gasteiger partial charge < -0.3 is 15.6 Å². The quantitative estimate of drug-likeness (QED) is 0.897. The number of hydrogen-bond acceptors (Lipinski definition) is 4. The molecule has 2 rings (SSSR count). The monoisotopic (exact) mass is 314 g/mol. The average Bonchev–Trinajstić information content (AvgIpc) is 2.73. The molecule has 1 fully saturated rings. The molecule has 1 aliphatic rings. The summed E-state index contributed by atoms with van der Waals surface area (Å²) in [4.78, 5) is 2.28. The molecule has 0 spiro atoms. The number of phenolic OH excluding ortho intramolecular Hbond substituents is 1. The van der Waals surface area contributed by atoms with Gasteiger partial charge >= 0.3 is 0 Å². The smallest absolute Gasteiger partial charge is 0.161 e. The number of nitrogens with two attached hydrogens (primary N) is 1. The lowest BCUT2D eigenvalue weighted by atomic mass is 9.99. The lowest BCUT2D eigenvalue weighted by Gasteiger charge is -2.21. The van der Waals surface area contributed by atoms with Gasteiger partial charge in [0.05, 0.1) is 7.11 Å². The number of ether oxygens (including phenoxy) is 1. The number of likely N-dealkylation sites (tertiary alicyclic amines) is 1. The first kappa shape index (κ1) is 13.6. The number of aromatic hydroxyl groups is 1. The van der Waals surface area contributed by atoms with Gasteiger partial charge in [-0.05, 0) is 43.6 Å². The molecule has 0 radical (unpaired) electrons. The van der Waals surface area contributed by atoms with Gasteiger partial charge in [0, 0.05) is 17.1 Å². The van der Waals surface area contributed by atoms with E-state index in [1.807, 2.05) is 6.07 Å². The van der Waals surface area contributed by atoms with Crippen molar-refractivity contribution in [1.82, 2.24) is 4.90 Å². The van der Waals surface area contributed by atoms with Crippen LogP contribution in [-0.2, 0) is 0 Å². The van der Waals surface area contributed by atoms with E-state index < -0.39 is 0 Å². The molecule has 5 heteroatoms. The van der Waals surface area contributed by atoms with Crippen molar-refractivity contribution in [2.24, 2.45) is 11.7 Å². The summed E-state index contributed by atoms with van der Waals surface area (Å²) >= 11 is 3.55. The van der Waals surface area contributed by atoms with Crippen molar-refractivity contribution in [2.75, 3.05) is 27.2 Å². The second-order valence-electron chi connectivity index (χ2n) is 4.84. The Kier molecular flexibility index (Phi) is 4.14. The maximum Gasteiger partial charge on any atom is 0.161 e. The van der Waals surface area contributed by atoms with Crippen molar-refractivity contribution in [3.05, 3.63) is 22.2 Å². The van der Waals surface area contributed by atoms with E-state index in [4.69, 9.17) is 10.5 Å². The van der Waals surface area contributed by atoms with Crippen LogP contribution in [0.15, 0.2) is 16.6 Å². The minimum absolute atomic E-state index is 0.181. The summed E-state index contributed by atoms with van der Waals surface area (Å²) < 4.78 is 6.06. The fraction of sp³-hybridized carbons (Fsp3) is 0.538. The Balaban J connectivity index is 2.31. The van der Waals surface area contributed by atoms with Gasteiger partial charge in [0.15, 0.2) is 11.5 Å². The highest BCUT2D eigenvalue weighted by molar-refractivity contribution is 9.10. The molecular formula is C13H19BrN2O2. The molecule has 1 aliphatic heterocycles. The van der Waals surface area contributed by atoms with Gasteiger partial charge in [-0.1, -0.05) is 15.9 Å². The summed E-state index contributed by atoms with van der Waals surface area (Å²) in [6.45, 7) is 1.71. The summed E-state index contributed by atoms with van der Waals surface area (Å²) in [6.07, 6.45) is 1.03. The number of hydrogen-bond donors (Lipinski definition) is 2. The summed E-state index contributed by atoms with van der Waals surface area (Å²) in [5, 5.41) is 9.90. The van der Waals surface area contributed by atoms with E-state index in [1.165, 1.54) is 0 Å². The second kappa shape index (κ2) is 5.47. The van der Waals surface area contributed by atoms with Crippen LogP contribution in [0.1, 0.15) is 18.0 Å². The fourth-order valence-electron chi connectivity index (χ4n) is 2.62. The van der Waals surface area contributed by atoms with Crippen molar-refractivity contribution in [1.29, 1.82) is 0 Å². The highest BCUT2D eigenvalue weighted by atomic mass is 79.9. The topological polar surface area (TPSA) is 58.7 Å². The first-order chi connectivity index (χ1) is 8.56. The Hall–Kier alpha value is -0.780. The zero-order valence-corrected chi connectivity index (χ0v) is 12.3. The van der Waals surface area contributed by atoms with Crippen LogP contribution in [0, 0.1) is 5.92 Å². The van der Waals surface area contributed by atoms with Crippen LogP contribution >= 0.6 is 15.9 Å². The van der Waals surface area contributed by atoms with Gasteiger partial charge in [-0.15, -0.1) is 0 Å². The van der Waals surface area contributed by atoms with Gasteiger partial charge in [0.25, 0.3) is 0 Å². The van der Waals surface area contributed by atoms with Crippen LogP contribution in [-0.4, -0.2) is 37.3 Å². The number of nitrogens with zero attached hydrogens (tertiary/aromatic N) is 1. The molecule has 2 unspecified atom stereocenters. The molecule has 0 aromatic heterocycles. The van der Waals surface area contributed by atoms with Crippen LogP contribution in [0.2, 0.25) is 0 Å². The maximum atomic E-state index is 9.90. The molecule has 1 heterocycles. The molecule has 1 aromatic carbocycles. The van der Waals surface area contributed by atoms with Crippen molar-refractivity contribution in [2.45, 2.75) is 12.5 Å². The molecule has 0 aliphatic carbocycles. The van der Waals surface area contributed by atoms with Gasteiger partial charge in [-0.2, -0.15) is 0 Å². The Morgan fingerprint density at radius 2 is 2.28 bits per heavy atom. The molecule has 18 heavy (non-hydrogen) atoms. The predicted octanol–water partition coefficient (Wildman–Crippen LogP) is 2.11. The minimum Gasteiger partial charge on any atom is -0.504 e. The zero-order valence-electron chi connectivity index (χ0n) is 10.7. The molecule has 3 N–H and O–H groups in total. The van der Waals surface area contributed by atoms with Crippen LogP contribution in [0.25, 0.3) is 0 Å². The predicted molar refractivity (Wildman–Crippen MR) is 74.9 cm³/mol. The Bertz CT molecular complexity index is 439. The Labute approximate surface area is 116 Å². The number of benzene rings is 1. The lowest BCUT2D eigenvalue weighted by Crippen LogP contribution is -2.20. The third kappa shape index (κ3) is 2.48. The molecule has 1 saturated heterocycles. The summed E-state index contributed by atoms with van der Waals surface area (Å²) in [5.41, 5.74) is 6.83. The number of phenols is 1. The Morgan fingerprint density at radius 1 is 1.56 bits per heavy atom. The standard InChI is InChI=1S/C13H19BrN2O2/c1-16-7-8(6-15)3-11(16)9-4-12(17)13(18-2)5-10(9)14/h4-5,8,11,17H,3,6-7,15H2,1-2H3. The molecule has 0 amide bonds. The highest BCUT2D eigenvalue weighted by Crippen LogP contribution is 2.41. The molecule has 0 saturated carbocycles. The van der Waals surface area contributed by atoms with Crippen LogP contribution < -0.4 is 10.5 Å². The van der Waals surface area contributed by atoms with E-state index in [1.54, 1.807) is 13.2 Å². The van der Waals surface area contributed by atoms with Gasteiger partial charge in [-0.3, -0.25) is 4.90 Å². The van der Waals surface area contributed by atoms with E-state index in [-0.39, 0.29) is 5.75 Å². The van der Waals surface area contributed by atoms with Gasteiger partial charge in [0.1, 0.15) is 0 Å². The van der Waals surface area contributed by atoms with E-state index in [9.17, 15) is 5.11 Å². The van der Waals surface area contributed by atoms with Gasteiger partial charge in [0.2, 0.25) is 0 Å². The van der Waals surface area contributed by atoms with E-state index in [0.29, 0.717) is 24.3 Å². The Morgan fingerprint density at radius 3 is 2.83 bits per heavy atom. The summed E-state index contributed by atoms with van der Waals surface area (Å²) in [5.74, 6) is 1.19. The number of methoxy groups -OCH3 is 1. The van der Waals surface area contributed by atoms with Crippen LogP contribution in [0.3, 0.4) is 0 Å². The number of halogens is 1.